The Hall–Kier alpha value is -3.62. The largest absolute Gasteiger partial charge is 0.479 e. The van der Waals surface area contributed by atoms with Crippen molar-refractivity contribution in [1.29, 1.82) is 0 Å². The molecule has 0 saturated carbocycles. The van der Waals surface area contributed by atoms with Crippen LogP contribution < -0.4 is 4.74 Å². The zero-order valence-electron chi connectivity index (χ0n) is 28.9. The predicted molar refractivity (Wildman–Crippen MR) is 181 cm³/mol. The molecule has 4 aromatic heterocycles. The molecular formula is C33H44ClF2N7O4Si. The number of rotatable bonds is 8. The lowest BCUT2D eigenvalue weighted by Gasteiger charge is -2.37. The normalized spacial score (nSPS) is 18.3. The van der Waals surface area contributed by atoms with Crippen LogP contribution in [0.2, 0.25) is 23.2 Å². The molecule has 1 amide bonds. The SMILES string of the molecule is Cc1c(-c2cc(OC(CO[Si](C)(C)C(C)(C)C)c3ccc(F)cn3)c3c(Cl)cnn3c2)nnn1[C@H]1CCN(C(=O)OC(C)(C)C)C[C@H]1F. The number of nitrogens with zero attached hydrogens (tertiary/aromatic N) is 7. The summed E-state index contributed by atoms with van der Waals surface area (Å²) in [7, 11) is -2.20. The van der Waals surface area contributed by atoms with Crippen LogP contribution >= 0.6 is 11.6 Å². The van der Waals surface area contributed by atoms with Gasteiger partial charge in [-0.3, -0.25) is 4.98 Å². The Balaban J connectivity index is 1.45. The maximum Gasteiger partial charge on any atom is 0.410 e. The number of alkyl halides is 1. The van der Waals surface area contributed by atoms with E-state index in [2.05, 4.69) is 54.3 Å². The lowest BCUT2D eigenvalue weighted by atomic mass is 10.0. The molecule has 0 N–H and O–H groups in total. The molecule has 260 valence electrons. The molecule has 1 aliphatic rings. The Bertz CT molecular complexity index is 1770. The molecule has 11 nitrogen and oxygen atoms in total. The monoisotopic (exact) mass is 703 g/mol. The van der Waals surface area contributed by atoms with Gasteiger partial charge in [-0.2, -0.15) is 5.10 Å². The summed E-state index contributed by atoms with van der Waals surface area (Å²) in [6, 6.07) is 4.07. The lowest BCUT2D eigenvalue weighted by Crippen LogP contribution is -2.47. The van der Waals surface area contributed by atoms with Crippen LogP contribution in [0.3, 0.4) is 0 Å². The van der Waals surface area contributed by atoms with Crippen molar-refractivity contribution in [2.24, 2.45) is 0 Å². The molecule has 1 unspecified atom stereocenters. The van der Waals surface area contributed by atoms with Gasteiger partial charge in [0.25, 0.3) is 0 Å². The first-order valence-electron chi connectivity index (χ1n) is 16.0. The van der Waals surface area contributed by atoms with Crippen molar-refractivity contribution in [1.82, 2.24) is 34.5 Å². The van der Waals surface area contributed by atoms with Crippen molar-refractivity contribution >= 4 is 31.5 Å². The van der Waals surface area contributed by atoms with E-state index in [-0.39, 0.29) is 18.2 Å². The Morgan fingerprint density at radius 2 is 1.90 bits per heavy atom. The molecular weight excluding hydrogens is 660 g/mol. The number of hydrogen-bond acceptors (Lipinski definition) is 8. The van der Waals surface area contributed by atoms with Gasteiger partial charge in [0.2, 0.25) is 0 Å². The summed E-state index contributed by atoms with van der Waals surface area (Å²) in [6.45, 7) is 18.3. The number of carbonyl (C=O) groups excluding carboxylic acids is 1. The summed E-state index contributed by atoms with van der Waals surface area (Å²) < 4.78 is 51.2. The average molecular weight is 704 g/mol. The van der Waals surface area contributed by atoms with E-state index in [0.29, 0.717) is 51.9 Å². The molecule has 0 radical (unpaired) electrons. The summed E-state index contributed by atoms with van der Waals surface area (Å²) in [6.07, 6.45) is 2.13. The van der Waals surface area contributed by atoms with Crippen LogP contribution in [0.4, 0.5) is 13.6 Å². The zero-order chi connectivity index (χ0) is 35.2. The van der Waals surface area contributed by atoms with Crippen molar-refractivity contribution in [3.8, 4) is 17.0 Å². The molecule has 3 atom stereocenters. The second-order valence-electron chi connectivity index (χ2n) is 14.7. The first-order valence-corrected chi connectivity index (χ1v) is 19.3. The van der Waals surface area contributed by atoms with Crippen molar-refractivity contribution in [2.75, 3.05) is 19.7 Å². The van der Waals surface area contributed by atoms with Gasteiger partial charge in [0.15, 0.2) is 14.4 Å². The molecule has 0 aromatic carbocycles. The topological polar surface area (TPSA) is 109 Å². The van der Waals surface area contributed by atoms with Gasteiger partial charge in [0, 0.05) is 18.3 Å². The van der Waals surface area contributed by atoms with E-state index in [9.17, 15) is 9.18 Å². The van der Waals surface area contributed by atoms with Crippen LogP contribution in [0.5, 0.6) is 5.75 Å². The molecule has 0 spiro atoms. The maximum atomic E-state index is 15.6. The van der Waals surface area contributed by atoms with Crippen LogP contribution in [-0.4, -0.2) is 80.4 Å². The third-order valence-corrected chi connectivity index (χ3v) is 13.7. The molecule has 1 saturated heterocycles. The second kappa shape index (κ2) is 13.4. The van der Waals surface area contributed by atoms with Crippen LogP contribution in [-0.2, 0) is 9.16 Å². The maximum absolute atomic E-state index is 15.6. The number of hydrogen-bond donors (Lipinski definition) is 0. The van der Waals surface area contributed by atoms with Crippen molar-refractivity contribution in [2.45, 2.75) is 96.9 Å². The van der Waals surface area contributed by atoms with Crippen molar-refractivity contribution in [3.05, 3.63) is 59.0 Å². The number of carbonyl (C=O) groups is 1. The summed E-state index contributed by atoms with van der Waals surface area (Å²) in [5.41, 5.74) is 2.08. The minimum Gasteiger partial charge on any atom is -0.479 e. The highest BCUT2D eigenvalue weighted by Crippen LogP contribution is 2.39. The number of fused-ring (bicyclic) bond motifs is 1. The molecule has 0 bridgehead atoms. The van der Waals surface area contributed by atoms with Gasteiger partial charge in [-0.05, 0) is 70.4 Å². The van der Waals surface area contributed by atoms with Crippen LogP contribution in [0, 0.1) is 12.7 Å². The van der Waals surface area contributed by atoms with Gasteiger partial charge in [0.05, 0.1) is 48.0 Å². The number of aromatic nitrogens is 6. The third-order valence-electron chi connectivity index (χ3n) is 8.96. The molecule has 5 heterocycles. The fourth-order valence-corrected chi connectivity index (χ4v) is 6.49. The number of amides is 1. The lowest BCUT2D eigenvalue weighted by molar-refractivity contribution is 0.00546. The molecule has 48 heavy (non-hydrogen) atoms. The van der Waals surface area contributed by atoms with Crippen LogP contribution in [0.15, 0.2) is 36.8 Å². The summed E-state index contributed by atoms with van der Waals surface area (Å²) in [5, 5.41) is 13.5. The van der Waals surface area contributed by atoms with Crippen molar-refractivity contribution in [3.63, 3.8) is 0 Å². The number of halogens is 3. The number of likely N-dealkylation sites (tertiary alicyclic amines) is 1. The summed E-state index contributed by atoms with van der Waals surface area (Å²) >= 11 is 6.59. The van der Waals surface area contributed by atoms with E-state index < -0.39 is 44.1 Å². The minimum absolute atomic E-state index is 0.0515. The molecule has 5 rings (SSSR count). The Kier molecular flexibility index (Phi) is 9.93. The smallest absolute Gasteiger partial charge is 0.410 e. The molecule has 15 heteroatoms. The first kappa shape index (κ1) is 35.7. The Morgan fingerprint density at radius 1 is 1.17 bits per heavy atom. The molecule has 0 aliphatic carbocycles. The average Bonchev–Trinajstić information content (AvgIpc) is 3.56. The van der Waals surface area contributed by atoms with Gasteiger partial charge in [-0.1, -0.05) is 37.6 Å². The van der Waals surface area contributed by atoms with Gasteiger partial charge in [-0.15, -0.1) is 5.10 Å². The molecule has 1 aliphatic heterocycles. The first-order chi connectivity index (χ1) is 22.3. The minimum atomic E-state index is -2.20. The van der Waals surface area contributed by atoms with Gasteiger partial charge >= 0.3 is 6.09 Å². The molecule has 4 aromatic rings. The van der Waals surface area contributed by atoms with Gasteiger partial charge in [0.1, 0.15) is 34.6 Å². The van der Waals surface area contributed by atoms with E-state index in [1.165, 1.54) is 17.2 Å². The van der Waals surface area contributed by atoms with Crippen LogP contribution in [0.1, 0.15) is 71.5 Å². The van der Waals surface area contributed by atoms with E-state index in [0.717, 1.165) is 6.20 Å². The highest BCUT2D eigenvalue weighted by Gasteiger charge is 2.39. The number of pyridine rings is 2. The summed E-state index contributed by atoms with van der Waals surface area (Å²) in [5.74, 6) is -0.0800. The second-order valence-corrected chi connectivity index (χ2v) is 19.9. The fourth-order valence-electron chi connectivity index (χ4n) is 5.26. The van der Waals surface area contributed by atoms with Crippen LogP contribution in [0.25, 0.3) is 16.8 Å². The highest BCUT2D eigenvalue weighted by molar-refractivity contribution is 6.74. The van der Waals surface area contributed by atoms with E-state index >= 15 is 4.39 Å². The Morgan fingerprint density at radius 3 is 2.52 bits per heavy atom. The van der Waals surface area contributed by atoms with Crippen molar-refractivity contribution < 1.29 is 27.5 Å². The quantitative estimate of drug-likeness (QED) is 0.172. The van der Waals surface area contributed by atoms with E-state index in [1.54, 1.807) is 48.3 Å². The highest BCUT2D eigenvalue weighted by atomic mass is 35.5. The van der Waals surface area contributed by atoms with Gasteiger partial charge < -0.3 is 18.8 Å². The number of piperidine rings is 1. The summed E-state index contributed by atoms with van der Waals surface area (Å²) in [4.78, 5) is 18.3. The molecule has 1 fully saturated rings. The standard InChI is InChI=1S/C33H44ClF2N7O4Si/c1-20-29(39-40-43(20)26-12-13-41(18-24(26)36)31(44)47-32(2,3)4)21-14-27(30-23(34)16-38-42(30)17-21)46-28(25-11-10-22(35)15-37-25)19-45-48(8,9)33(5,6)7/h10-11,14-17,24,26,28H,12-13,18-19H2,1-9H3/t24-,26+,28?/m1/s1. The number of ether oxygens (including phenoxy) is 2. The fraction of sp³-hybridized carbons (Fsp3) is 0.545. The zero-order valence-corrected chi connectivity index (χ0v) is 30.7. The Labute approximate surface area is 285 Å². The third kappa shape index (κ3) is 7.65. The van der Waals surface area contributed by atoms with E-state index in [1.807, 2.05) is 6.92 Å². The van der Waals surface area contributed by atoms with Gasteiger partial charge in [-0.25, -0.2) is 22.8 Å². The van der Waals surface area contributed by atoms with E-state index in [4.69, 9.17) is 25.5 Å². The predicted octanol–water partition coefficient (Wildman–Crippen LogP) is 7.75.